The molecular formula is C12H15NO4. The Hall–Kier alpha value is -1.75. The van der Waals surface area contributed by atoms with Gasteiger partial charge in [0.1, 0.15) is 24.1 Å². The van der Waals surface area contributed by atoms with Crippen molar-refractivity contribution in [2.75, 3.05) is 27.4 Å². The van der Waals surface area contributed by atoms with Crippen molar-refractivity contribution >= 4 is 5.97 Å². The van der Waals surface area contributed by atoms with E-state index in [2.05, 4.69) is 5.32 Å². The topological polar surface area (TPSA) is 56.8 Å². The second-order valence-corrected chi connectivity index (χ2v) is 3.66. The molecule has 0 radical (unpaired) electrons. The van der Waals surface area contributed by atoms with Gasteiger partial charge >= 0.3 is 5.97 Å². The minimum atomic E-state index is -0.483. The van der Waals surface area contributed by atoms with Crippen LogP contribution in [0.15, 0.2) is 18.2 Å². The average Bonchev–Trinajstić information content (AvgIpc) is 2.59. The van der Waals surface area contributed by atoms with Gasteiger partial charge in [-0.25, -0.2) is 4.79 Å². The first-order valence-electron chi connectivity index (χ1n) is 5.38. The SMILES string of the molecule is COC(=O)[C@H]1NCCOc2cc(OC)ccc21. The van der Waals surface area contributed by atoms with Crippen LogP contribution in [0.1, 0.15) is 11.6 Å². The maximum Gasteiger partial charge on any atom is 0.327 e. The molecule has 1 aromatic rings. The molecule has 5 heteroatoms. The van der Waals surface area contributed by atoms with Crippen molar-refractivity contribution in [3.63, 3.8) is 0 Å². The fourth-order valence-electron chi connectivity index (χ4n) is 1.81. The maximum absolute atomic E-state index is 11.7. The number of esters is 1. The van der Waals surface area contributed by atoms with Gasteiger partial charge in [0.25, 0.3) is 0 Å². The summed E-state index contributed by atoms with van der Waals surface area (Å²) in [5.41, 5.74) is 0.773. The second kappa shape index (κ2) is 5.05. The normalized spacial score (nSPS) is 18.6. The Morgan fingerprint density at radius 1 is 1.47 bits per heavy atom. The van der Waals surface area contributed by atoms with Crippen LogP contribution in [0.5, 0.6) is 11.5 Å². The Balaban J connectivity index is 2.38. The van der Waals surface area contributed by atoms with Crippen LogP contribution < -0.4 is 14.8 Å². The van der Waals surface area contributed by atoms with Gasteiger partial charge in [-0.1, -0.05) is 0 Å². The van der Waals surface area contributed by atoms with Crippen molar-refractivity contribution in [1.29, 1.82) is 0 Å². The molecule has 0 spiro atoms. The fraction of sp³-hybridized carbons (Fsp3) is 0.417. The van der Waals surface area contributed by atoms with Crippen LogP contribution in [0, 0.1) is 0 Å². The van der Waals surface area contributed by atoms with Gasteiger partial charge in [-0.3, -0.25) is 5.32 Å². The van der Waals surface area contributed by atoms with Gasteiger partial charge in [-0.05, 0) is 12.1 Å². The molecule has 1 heterocycles. The number of benzene rings is 1. The van der Waals surface area contributed by atoms with E-state index in [0.717, 1.165) is 5.56 Å². The number of carbonyl (C=O) groups is 1. The Bertz CT molecular complexity index is 419. The molecule has 1 aliphatic heterocycles. The standard InChI is InChI=1S/C12H15NO4/c1-15-8-3-4-9-10(7-8)17-6-5-13-11(9)12(14)16-2/h3-4,7,11,13H,5-6H2,1-2H3/t11-/m0/s1. The highest BCUT2D eigenvalue weighted by Crippen LogP contribution is 2.31. The van der Waals surface area contributed by atoms with Crippen molar-refractivity contribution < 1.29 is 19.0 Å². The molecule has 0 aromatic heterocycles. The maximum atomic E-state index is 11.7. The third-order valence-corrected chi connectivity index (χ3v) is 2.68. The van der Waals surface area contributed by atoms with Crippen LogP contribution in [-0.4, -0.2) is 33.3 Å². The molecule has 0 unspecified atom stereocenters. The molecule has 1 N–H and O–H groups in total. The van der Waals surface area contributed by atoms with Crippen molar-refractivity contribution in [2.24, 2.45) is 0 Å². The van der Waals surface area contributed by atoms with Crippen molar-refractivity contribution in [3.8, 4) is 11.5 Å². The van der Waals surface area contributed by atoms with Crippen LogP contribution in [0.3, 0.4) is 0 Å². The second-order valence-electron chi connectivity index (χ2n) is 3.66. The zero-order valence-corrected chi connectivity index (χ0v) is 9.86. The minimum absolute atomic E-state index is 0.318. The van der Waals surface area contributed by atoms with Gasteiger partial charge in [0, 0.05) is 18.2 Å². The predicted octanol–water partition coefficient (Wildman–Crippen LogP) is 0.891. The zero-order valence-electron chi connectivity index (χ0n) is 9.86. The fourth-order valence-corrected chi connectivity index (χ4v) is 1.81. The summed E-state index contributed by atoms with van der Waals surface area (Å²) in [6, 6.07) is 4.90. The van der Waals surface area contributed by atoms with Gasteiger partial charge in [-0.15, -0.1) is 0 Å². The molecule has 0 saturated carbocycles. The molecule has 0 saturated heterocycles. The summed E-state index contributed by atoms with van der Waals surface area (Å²) in [6.07, 6.45) is 0. The largest absolute Gasteiger partial charge is 0.497 e. The summed E-state index contributed by atoms with van der Waals surface area (Å²) >= 11 is 0. The highest BCUT2D eigenvalue weighted by molar-refractivity contribution is 5.78. The first-order chi connectivity index (χ1) is 8.26. The van der Waals surface area contributed by atoms with E-state index in [-0.39, 0.29) is 5.97 Å². The van der Waals surface area contributed by atoms with E-state index in [0.29, 0.717) is 24.7 Å². The van der Waals surface area contributed by atoms with Crippen LogP contribution in [0.4, 0.5) is 0 Å². The lowest BCUT2D eigenvalue weighted by molar-refractivity contribution is -0.143. The van der Waals surface area contributed by atoms with Crippen LogP contribution >= 0.6 is 0 Å². The predicted molar refractivity (Wildman–Crippen MR) is 61.2 cm³/mol. The summed E-state index contributed by atoms with van der Waals surface area (Å²) in [5.74, 6) is 1.04. The summed E-state index contributed by atoms with van der Waals surface area (Å²) in [5, 5.41) is 3.09. The molecular weight excluding hydrogens is 222 g/mol. The van der Waals surface area contributed by atoms with E-state index in [4.69, 9.17) is 14.2 Å². The molecule has 17 heavy (non-hydrogen) atoms. The summed E-state index contributed by atoms with van der Waals surface area (Å²) < 4.78 is 15.5. The molecule has 1 aromatic carbocycles. The van der Waals surface area contributed by atoms with Crippen molar-refractivity contribution in [3.05, 3.63) is 23.8 Å². The van der Waals surface area contributed by atoms with E-state index in [1.54, 1.807) is 19.2 Å². The number of ether oxygens (including phenoxy) is 3. The van der Waals surface area contributed by atoms with Crippen LogP contribution in [-0.2, 0) is 9.53 Å². The molecule has 92 valence electrons. The van der Waals surface area contributed by atoms with E-state index >= 15 is 0 Å². The highest BCUT2D eigenvalue weighted by atomic mass is 16.5. The number of hydrogen-bond donors (Lipinski definition) is 1. The minimum Gasteiger partial charge on any atom is -0.497 e. The lowest BCUT2D eigenvalue weighted by Gasteiger charge is -2.15. The molecule has 2 rings (SSSR count). The first-order valence-corrected chi connectivity index (χ1v) is 5.38. The molecule has 1 aliphatic rings. The molecule has 0 bridgehead atoms. The molecule has 0 aliphatic carbocycles. The van der Waals surface area contributed by atoms with Gasteiger partial charge in [0.2, 0.25) is 0 Å². The number of methoxy groups -OCH3 is 2. The molecule has 0 amide bonds. The van der Waals surface area contributed by atoms with Gasteiger partial charge < -0.3 is 14.2 Å². The van der Waals surface area contributed by atoms with E-state index in [1.165, 1.54) is 7.11 Å². The van der Waals surface area contributed by atoms with Gasteiger partial charge in [-0.2, -0.15) is 0 Å². The van der Waals surface area contributed by atoms with Crippen LogP contribution in [0.2, 0.25) is 0 Å². The highest BCUT2D eigenvalue weighted by Gasteiger charge is 2.26. The number of rotatable bonds is 2. The quantitative estimate of drug-likeness (QED) is 0.774. The van der Waals surface area contributed by atoms with E-state index in [9.17, 15) is 4.79 Å². The van der Waals surface area contributed by atoms with Crippen molar-refractivity contribution in [2.45, 2.75) is 6.04 Å². The summed E-state index contributed by atoms with van der Waals surface area (Å²) in [6.45, 7) is 1.10. The number of carbonyl (C=O) groups excluding carboxylic acids is 1. The lowest BCUT2D eigenvalue weighted by atomic mass is 10.1. The molecule has 5 nitrogen and oxygen atoms in total. The van der Waals surface area contributed by atoms with E-state index < -0.39 is 6.04 Å². The van der Waals surface area contributed by atoms with E-state index in [1.807, 2.05) is 6.07 Å². The summed E-state index contributed by atoms with van der Waals surface area (Å²) in [4.78, 5) is 11.7. The van der Waals surface area contributed by atoms with Gasteiger partial charge in [0.05, 0.1) is 14.2 Å². The smallest absolute Gasteiger partial charge is 0.327 e. The van der Waals surface area contributed by atoms with Crippen LogP contribution in [0.25, 0.3) is 0 Å². The first kappa shape index (κ1) is 11.7. The van der Waals surface area contributed by atoms with Crippen molar-refractivity contribution in [1.82, 2.24) is 5.32 Å². The zero-order chi connectivity index (χ0) is 12.3. The molecule has 0 fully saturated rings. The average molecular weight is 237 g/mol. The Morgan fingerprint density at radius 2 is 2.29 bits per heavy atom. The Kier molecular flexibility index (Phi) is 3.49. The molecule has 1 atom stereocenters. The lowest BCUT2D eigenvalue weighted by Crippen LogP contribution is -2.30. The number of hydrogen-bond acceptors (Lipinski definition) is 5. The third kappa shape index (κ3) is 2.34. The number of nitrogens with one attached hydrogen (secondary N) is 1. The van der Waals surface area contributed by atoms with Gasteiger partial charge in [0.15, 0.2) is 0 Å². The summed E-state index contributed by atoms with van der Waals surface area (Å²) in [7, 11) is 2.97. The monoisotopic (exact) mass is 237 g/mol. The number of fused-ring (bicyclic) bond motifs is 1. The third-order valence-electron chi connectivity index (χ3n) is 2.68. The Morgan fingerprint density at radius 3 is 3.00 bits per heavy atom. The Labute approximate surface area is 99.7 Å².